The molecule has 0 saturated heterocycles. The highest BCUT2D eigenvalue weighted by atomic mass is 19.1. The molecule has 0 aliphatic rings. The van der Waals surface area contributed by atoms with Crippen LogP contribution in [-0.2, 0) is 6.54 Å². The fourth-order valence-corrected chi connectivity index (χ4v) is 1.68. The van der Waals surface area contributed by atoms with Gasteiger partial charge in [0.1, 0.15) is 18.0 Å². The second-order valence-electron chi connectivity index (χ2n) is 4.14. The SMILES string of the molecule is CCCC(=O)c1ncn(Cc2c(F)cccc2F)n1. The number of nitrogens with zero attached hydrogens (tertiary/aromatic N) is 3. The number of benzene rings is 1. The first-order valence-corrected chi connectivity index (χ1v) is 5.97. The highest BCUT2D eigenvalue weighted by Crippen LogP contribution is 2.13. The Morgan fingerprint density at radius 1 is 1.32 bits per heavy atom. The zero-order chi connectivity index (χ0) is 13.8. The monoisotopic (exact) mass is 265 g/mol. The van der Waals surface area contributed by atoms with E-state index in [1.165, 1.54) is 29.2 Å². The summed E-state index contributed by atoms with van der Waals surface area (Å²) in [4.78, 5) is 15.4. The topological polar surface area (TPSA) is 47.8 Å². The maximum atomic E-state index is 13.5. The van der Waals surface area contributed by atoms with Crippen molar-refractivity contribution >= 4 is 5.78 Å². The highest BCUT2D eigenvalue weighted by Gasteiger charge is 2.13. The number of halogens is 2. The number of carbonyl (C=O) groups is 1. The van der Waals surface area contributed by atoms with Gasteiger partial charge in [-0.15, -0.1) is 5.10 Å². The van der Waals surface area contributed by atoms with E-state index in [4.69, 9.17) is 0 Å². The third-order valence-electron chi connectivity index (χ3n) is 2.64. The largest absolute Gasteiger partial charge is 0.291 e. The van der Waals surface area contributed by atoms with E-state index in [-0.39, 0.29) is 23.7 Å². The van der Waals surface area contributed by atoms with Gasteiger partial charge in [-0.3, -0.25) is 4.79 Å². The first-order valence-electron chi connectivity index (χ1n) is 5.97. The van der Waals surface area contributed by atoms with Crippen LogP contribution in [0.4, 0.5) is 8.78 Å². The molecule has 6 heteroatoms. The molecule has 4 nitrogen and oxygen atoms in total. The van der Waals surface area contributed by atoms with Crippen molar-refractivity contribution in [3.63, 3.8) is 0 Å². The highest BCUT2D eigenvalue weighted by molar-refractivity contribution is 5.92. The lowest BCUT2D eigenvalue weighted by Gasteiger charge is -2.04. The Hall–Kier alpha value is -2.11. The van der Waals surface area contributed by atoms with Gasteiger partial charge in [0.2, 0.25) is 11.6 Å². The fourth-order valence-electron chi connectivity index (χ4n) is 1.68. The molecule has 0 saturated carbocycles. The number of hydrogen-bond acceptors (Lipinski definition) is 3. The average Bonchev–Trinajstić information content (AvgIpc) is 2.83. The molecule has 0 aliphatic carbocycles. The molecule has 0 bridgehead atoms. The molecule has 0 atom stereocenters. The van der Waals surface area contributed by atoms with Crippen LogP contribution in [0.2, 0.25) is 0 Å². The number of carbonyl (C=O) groups excluding carboxylic acids is 1. The third kappa shape index (κ3) is 3.01. The maximum Gasteiger partial charge on any atom is 0.217 e. The van der Waals surface area contributed by atoms with E-state index < -0.39 is 11.6 Å². The van der Waals surface area contributed by atoms with Crippen molar-refractivity contribution < 1.29 is 13.6 Å². The Labute approximate surface area is 109 Å². The summed E-state index contributed by atoms with van der Waals surface area (Å²) >= 11 is 0. The van der Waals surface area contributed by atoms with E-state index in [9.17, 15) is 13.6 Å². The average molecular weight is 265 g/mol. The molecule has 0 aliphatic heterocycles. The Balaban J connectivity index is 2.18. The van der Waals surface area contributed by atoms with Crippen molar-refractivity contribution in [2.75, 3.05) is 0 Å². The van der Waals surface area contributed by atoms with Crippen LogP contribution in [0.5, 0.6) is 0 Å². The number of rotatable bonds is 5. The first kappa shape index (κ1) is 13.3. The molecule has 1 heterocycles. The molecule has 19 heavy (non-hydrogen) atoms. The van der Waals surface area contributed by atoms with Gasteiger partial charge in [0, 0.05) is 12.0 Å². The van der Waals surface area contributed by atoms with Gasteiger partial charge in [-0.25, -0.2) is 18.4 Å². The minimum Gasteiger partial charge on any atom is -0.291 e. The molecule has 0 radical (unpaired) electrons. The van der Waals surface area contributed by atoms with Crippen LogP contribution >= 0.6 is 0 Å². The summed E-state index contributed by atoms with van der Waals surface area (Å²) in [6.07, 6.45) is 2.36. The van der Waals surface area contributed by atoms with Gasteiger partial charge in [0.05, 0.1) is 6.54 Å². The van der Waals surface area contributed by atoms with Gasteiger partial charge in [-0.2, -0.15) is 0 Å². The molecule has 1 aromatic carbocycles. The lowest BCUT2D eigenvalue weighted by atomic mass is 10.2. The minimum absolute atomic E-state index is 0.0820. The molecule has 0 spiro atoms. The van der Waals surface area contributed by atoms with E-state index in [0.29, 0.717) is 12.8 Å². The minimum atomic E-state index is -0.642. The van der Waals surface area contributed by atoms with Crippen molar-refractivity contribution in [2.24, 2.45) is 0 Å². The van der Waals surface area contributed by atoms with Gasteiger partial charge in [0.25, 0.3) is 0 Å². The van der Waals surface area contributed by atoms with Crippen LogP contribution in [0.15, 0.2) is 24.5 Å². The van der Waals surface area contributed by atoms with Gasteiger partial charge in [-0.05, 0) is 18.6 Å². The summed E-state index contributed by atoms with van der Waals surface area (Å²) in [7, 11) is 0. The molecule has 0 N–H and O–H groups in total. The summed E-state index contributed by atoms with van der Waals surface area (Å²) in [6, 6.07) is 3.66. The molecule has 2 rings (SSSR count). The van der Waals surface area contributed by atoms with Crippen molar-refractivity contribution in [1.29, 1.82) is 0 Å². The predicted octanol–water partition coefficient (Wildman–Crippen LogP) is 2.59. The quantitative estimate of drug-likeness (QED) is 0.781. The van der Waals surface area contributed by atoms with Crippen LogP contribution in [0.3, 0.4) is 0 Å². The third-order valence-corrected chi connectivity index (χ3v) is 2.64. The standard InChI is InChI=1S/C13H13F2N3O/c1-2-4-12(19)13-16-8-18(17-13)7-9-10(14)5-3-6-11(9)15/h3,5-6,8H,2,4,7H2,1H3. The maximum absolute atomic E-state index is 13.5. The summed E-state index contributed by atoms with van der Waals surface area (Å²) in [6.45, 7) is 1.79. The smallest absolute Gasteiger partial charge is 0.217 e. The van der Waals surface area contributed by atoms with Crippen LogP contribution in [0.1, 0.15) is 35.9 Å². The summed E-state index contributed by atoms with van der Waals surface area (Å²) in [5.74, 6) is -1.37. The first-order chi connectivity index (χ1) is 9.11. The van der Waals surface area contributed by atoms with Crippen molar-refractivity contribution in [3.8, 4) is 0 Å². The van der Waals surface area contributed by atoms with Crippen molar-refractivity contribution in [1.82, 2.24) is 14.8 Å². The van der Waals surface area contributed by atoms with Crippen LogP contribution in [0, 0.1) is 11.6 Å². The molecule has 2 aromatic rings. The lowest BCUT2D eigenvalue weighted by Crippen LogP contribution is -2.07. The van der Waals surface area contributed by atoms with E-state index in [1.807, 2.05) is 6.92 Å². The van der Waals surface area contributed by atoms with E-state index in [2.05, 4.69) is 10.1 Å². The second kappa shape index (κ2) is 5.69. The van der Waals surface area contributed by atoms with E-state index in [0.717, 1.165) is 0 Å². The van der Waals surface area contributed by atoms with Crippen molar-refractivity contribution in [2.45, 2.75) is 26.3 Å². The van der Waals surface area contributed by atoms with E-state index >= 15 is 0 Å². The van der Waals surface area contributed by atoms with Gasteiger partial charge >= 0.3 is 0 Å². The zero-order valence-corrected chi connectivity index (χ0v) is 10.4. The number of ketones is 1. The lowest BCUT2D eigenvalue weighted by molar-refractivity contribution is 0.0971. The fraction of sp³-hybridized carbons (Fsp3) is 0.308. The number of hydrogen-bond donors (Lipinski definition) is 0. The summed E-state index contributed by atoms with van der Waals surface area (Å²) in [5.41, 5.74) is -0.0955. The molecule has 0 amide bonds. The van der Waals surface area contributed by atoms with Crippen LogP contribution in [-0.4, -0.2) is 20.5 Å². The zero-order valence-electron chi connectivity index (χ0n) is 10.4. The normalized spacial score (nSPS) is 10.7. The Kier molecular flexibility index (Phi) is 3.99. The van der Waals surface area contributed by atoms with E-state index in [1.54, 1.807) is 0 Å². The number of Topliss-reactive ketones (excluding diaryl/α,β-unsaturated/α-hetero) is 1. The summed E-state index contributed by atoms with van der Waals surface area (Å²) in [5, 5.41) is 3.93. The molecule has 0 fully saturated rings. The van der Waals surface area contributed by atoms with Gasteiger partial charge < -0.3 is 0 Å². The Bertz CT molecular complexity index is 575. The van der Waals surface area contributed by atoms with Gasteiger partial charge in [-0.1, -0.05) is 13.0 Å². The van der Waals surface area contributed by atoms with Crippen LogP contribution < -0.4 is 0 Å². The molecular formula is C13H13F2N3O. The second-order valence-corrected chi connectivity index (χ2v) is 4.14. The molecule has 100 valence electrons. The number of aromatic nitrogens is 3. The van der Waals surface area contributed by atoms with Gasteiger partial charge in [0.15, 0.2) is 0 Å². The summed E-state index contributed by atoms with van der Waals surface area (Å²) < 4.78 is 28.2. The Morgan fingerprint density at radius 2 is 2.00 bits per heavy atom. The molecule has 0 unspecified atom stereocenters. The molecule has 1 aromatic heterocycles. The van der Waals surface area contributed by atoms with Crippen LogP contribution in [0.25, 0.3) is 0 Å². The van der Waals surface area contributed by atoms with Crippen molar-refractivity contribution in [3.05, 3.63) is 47.5 Å². The molecular weight excluding hydrogens is 252 g/mol. The Morgan fingerprint density at radius 3 is 2.63 bits per heavy atom. The predicted molar refractivity (Wildman–Crippen MR) is 64.7 cm³/mol.